The van der Waals surface area contributed by atoms with Gasteiger partial charge in [0.2, 0.25) is 0 Å². The molecule has 16 heavy (non-hydrogen) atoms. The van der Waals surface area contributed by atoms with Crippen LogP contribution in [0.25, 0.3) is 0 Å². The van der Waals surface area contributed by atoms with Crippen molar-refractivity contribution in [2.24, 2.45) is 28.9 Å². The van der Waals surface area contributed by atoms with Gasteiger partial charge in [0.1, 0.15) is 6.04 Å². The van der Waals surface area contributed by atoms with Crippen molar-refractivity contribution in [2.75, 3.05) is 0 Å². The standard InChI is InChI=1S/C12H19NO2.CH4/c13-10(11(14)15)12-4-7-1-8(5-12)3-9(2-7)6-12;/h7-10H,1-6,13H2,(H,14,15);1H4/t7?,8?,9?,10-,12?;/m1./s1. The van der Waals surface area contributed by atoms with Crippen LogP contribution in [0.2, 0.25) is 0 Å². The second-order valence-electron chi connectivity index (χ2n) is 6.10. The minimum Gasteiger partial charge on any atom is -0.480 e. The summed E-state index contributed by atoms with van der Waals surface area (Å²) in [6.45, 7) is 0. The van der Waals surface area contributed by atoms with Gasteiger partial charge in [0, 0.05) is 0 Å². The van der Waals surface area contributed by atoms with E-state index in [9.17, 15) is 4.79 Å². The largest absolute Gasteiger partial charge is 0.480 e. The average Bonchev–Trinajstić information content (AvgIpc) is 2.14. The highest BCUT2D eigenvalue weighted by molar-refractivity contribution is 5.74. The Bertz CT molecular complexity index is 265. The fraction of sp³-hybridized carbons (Fsp3) is 0.923. The summed E-state index contributed by atoms with van der Waals surface area (Å²) in [5, 5.41) is 9.12. The molecule has 92 valence electrons. The van der Waals surface area contributed by atoms with E-state index in [2.05, 4.69) is 0 Å². The first-order valence-corrected chi connectivity index (χ1v) is 6.07. The zero-order chi connectivity index (χ0) is 10.6. The van der Waals surface area contributed by atoms with Gasteiger partial charge in [0.15, 0.2) is 0 Å². The minimum atomic E-state index is -0.794. The molecule has 3 nitrogen and oxygen atoms in total. The first-order chi connectivity index (χ1) is 7.09. The Kier molecular flexibility index (Phi) is 2.77. The zero-order valence-corrected chi connectivity index (χ0v) is 8.98. The van der Waals surface area contributed by atoms with Gasteiger partial charge >= 0.3 is 5.97 Å². The van der Waals surface area contributed by atoms with E-state index in [0.717, 1.165) is 37.0 Å². The monoisotopic (exact) mass is 225 g/mol. The molecule has 4 bridgehead atoms. The van der Waals surface area contributed by atoms with Gasteiger partial charge in [-0.2, -0.15) is 0 Å². The lowest BCUT2D eigenvalue weighted by atomic mass is 9.48. The predicted molar refractivity (Wildman–Crippen MR) is 62.9 cm³/mol. The Morgan fingerprint density at radius 3 is 1.81 bits per heavy atom. The smallest absolute Gasteiger partial charge is 0.321 e. The highest BCUT2D eigenvalue weighted by atomic mass is 16.4. The number of carboxylic acid groups (broad SMARTS) is 1. The number of carbonyl (C=O) groups is 1. The summed E-state index contributed by atoms with van der Waals surface area (Å²) in [6.07, 6.45) is 7.24. The first kappa shape index (κ1) is 11.9. The molecule has 4 aliphatic carbocycles. The maximum atomic E-state index is 11.1. The van der Waals surface area contributed by atoms with Crippen LogP contribution in [0.15, 0.2) is 0 Å². The number of hydrogen-bond donors (Lipinski definition) is 2. The number of rotatable bonds is 2. The molecule has 4 fully saturated rings. The SMILES string of the molecule is C.N[C@H](C(=O)O)C12CC3CC(CC(C3)C1)C2. The van der Waals surface area contributed by atoms with Crippen molar-refractivity contribution >= 4 is 5.97 Å². The second kappa shape index (κ2) is 3.73. The Hall–Kier alpha value is -0.570. The predicted octanol–water partition coefficient (Wildman–Crippen LogP) is 2.25. The Labute approximate surface area is 97.4 Å². The average molecular weight is 225 g/mol. The molecular formula is C13H23NO2. The zero-order valence-electron chi connectivity index (χ0n) is 8.98. The molecule has 0 unspecified atom stereocenters. The van der Waals surface area contributed by atoms with Gasteiger partial charge in [0.25, 0.3) is 0 Å². The van der Waals surface area contributed by atoms with Crippen molar-refractivity contribution in [3.05, 3.63) is 0 Å². The summed E-state index contributed by atoms with van der Waals surface area (Å²) in [5.74, 6) is 1.54. The third kappa shape index (κ3) is 1.56. The summed E-state index contributed by atoms with van der Waals surface area (Å²) in [6, 6.07) is -0.620. The molecule has 4 rings (SSSR count). The van der Waals surface area contributed by atoms with Crippen LogP contribution < -0.4 is 5.73 Å². The maximum absolute atomic E-state index is 11.1. The molecule has 0 aliphatic heterocycles. The summed E-state index contributed by atoms with van der Waals surface area (Å²) < 4.78 is 0. The maximum Gasteiger partial charge on any atom is 0.321 e. The van der Waals surface area contributed by atoms with E-state index in [0.29, 0.717) is 0 Å². The van der Waals surface area contributed by atoms with Gasteiger partial charge in [0.05, 0.1) is 0 Å². The second-order valence-corrected chi connectivity index (χ2v) is 6.10. The van der Waals surface area contributed by atoms with Crippen LogP contribution in [0.4, 0.5) is 0 Å². The van der Waals surface area contributed by atoms with E-state index in [1.807, 2.05) is 0 Å². The highest BCUT2D eigenvalue weighted by Gasteiger charge is 2.55. The molecule has 1 atom stereocenters. The Balaban J connectivity index is 0.000000963. The molecule has 0 heterocycles. The molecule has 3 heteroatoms. The van der Waals surface area contributed by atoms with E-state index < -0.39 is 12.0 Å². The van der Waals surface area contributed by atoms with Crippen LogP contribution >= 0.6 is 0 Å². The third-order valence-corrected chi connectivity index (χ3v) is 5.01. The van der Waals surface area contributed by atoms with Gasteiger partial charge in [-0.25, -0.2) is 0 Å². The van der Waals surface area contributed by atoms with Crippen molar-refractivity contribution < 1.29 is 9.90 Å². The molecule has 3 N–H and O–H groups in total. The molecule has 0 aromatic rings. The Morgan fingerprint density at radius 2 is 1.50 bits per heavy atom. The first-order valence-electron chi connectivity index (χ1n) is 6.07. The lowest BCUT2D eigenvalue weighted by Crippen LogP contribution is -2.57. The number of nitrogens with two attached hydrogens (primary N) is 1. The van der Waals surface area contributed by atoms with Crippen LogP contribution in [0.5, 0.6) is 0 Å². The van der Waals surface area contributed by atoms with Gasteiger partial charge in [-0.1, -0.05) is 7.43 Å². The van der Waals surface area contributed by atoms with Crippen LogP contribution in [0.3, 0.4) is 0 Å². The van der Waals surface area contributed by atoms with Gasteiger partial charge in [-0.3, -0.25) is 4.79 Å². The van der Waals surface area contributed by atoms with Gasteiger partial charge in [-0.05, 0) is 61.7 Å². The van der Waals surface area contributed by atoms with E-state index >= 15 is 0 Å². The fourth-order valence-corrected chi connectivity index (χ4v) is 4.82. The summed E-state index contributed by atoms with van der Waals surface area (Å²) in [4.78, 5) is 11.1. The van der Waals surface area contributed by atoms with E-state index in [1.165, 1.54) is 19.3 Å². The molecule has 0 radical (unpaired) electrons. The number of aliphatic carboxylic acids is 1. The van der Waals surface area contributed by atoms with Crippen molar-refractivity contribution in [3.63, 3.8) is 0 Å². The molecule has 4 aliphatic rings. The minimum absolute atomic E-state index is 0. The molecular weight excluding hydrogens is 202 g/mol. The van der Waals surface area contributed by atoms with E-state index in [4.69, 9.17) is 10.8 Å². The molecule has 4 saturated carbocycles. The number of carboxylic acids is 1. The van der Waals surface area contributed by atoms with E-state index in [1.54, 1.807) is 0 Å². The van der Waals surface area contributed by atoms with Crippen LogP contribution in [-0.4, -0.2) is 17.1 Å². The fourth-order valence-electron chi connectivity index (χ4n) is 4.82. The van der Waals surface area contributed by atoms with Crippen LogP contribution in [0, 0.1) is 23.2 Å². The molecule has 0 spiro atoms. The quantitative estimate of drug-likeness (QED) is 0.757. The summed E-state index contributed by atoms with van der Waals surface area (Å²) in [5.41, 5.74) is 5.87. The van der Waals surface area contributed by atoms with E-state index in [-0.39, 0.29) is 12.8 Å². The summed E-state index contributed by atoms with van der Waals surface area (Å²) >= 11 is 0. The molecule has 0 saturated heterocycles. The van der Waals surface area contributed by atoms with Crippen molar-refractivity contribution in [2.45, 2.75) is 52.0 Å². The lowest BCUT2D eigenvalue weighted by molar-refractivity contribution is -0.149. The van der Waals surface area contributed by atoms with Crippen LogP contribution in [0.1, 0.15) is 46.0 Å². The normalized spacial score (nSPS) is 46.2. The van der Waals surface area contributed by atoms with Crippen molar-refractivity contribution in [1.82, 2.24) is 0 Å². The van der Waals surface area contributed by atoms with Gasteiger partial charge < -0.3 is 10.8 Å². The topological polar surface area (TPSA) is 63.3 Å². The lowest BCUT2D eigenvalue weighted by Gasteiger charge is -2.58. The Morgan fingerprint density at radius 1 is 1.12 bits per heavy atom. The molecule has 0 amide bonds. The van der Waals surface area contributed by atoms with Crippen LogP contribution in [-0.2, 0) is 4.79 Å². The molecule has 0 aromatic carbocycles. The molecule has 0 aromatic heterocycles. The summed E-state index contributed by atoms with van der Waals surface area (Å²) in [7, 11) is 0. The van der Waals surface area contributed by atoms with Crippen molar-refractivity contribution in [1.29, 1.82) is 0 Å². The number of hydrogen-bond acceptors (Lipinski definition) is 2. The third-order valence-electron chi connectivity index (χ3n) is 5.01. The van der Waals surface area contributed by atoms with Crippen molar-refractivity contribution in [3.8, 4) is 0 Å². The van der Waals surface area contributed by atoms with Gasteiger partial charge in [-0.15, -0.1) is 0 Å². The highest BCUT2D eigenvalue weighted by Crippen LogP contribution is 2.60.